The van der Waals surface area contributed by atoms with Crippen LogP contribution in [-0.4, -0.2) is 36.2 Å². The third-order valence-electron chi connectivity index (χ3n) is 14.2. The summed E-state index contributed by atoms with van der Waals surface area (Å²) < 4.78 is 81.9. The van der Waals surface area contributed by atoms with Gasteiger partial charge in [0.15, 0.2) is 0 Å². The van der Waals surface area contributed by atoms with Gasteiger partial charge in [-0.2, -0.15) is 13.2 Å². The molecule has 77 heavy (non-hydrogen) atoms. The van der Waals surface area contributed by atoms with Crippen LogP contribution in [0.5, 0.6) is 0 Å². The molecular formula is C59H64ClF5N6O6. The number of aryl methyl sites for hydroxylation is 1. The van der Waals surface area contributed by atoms with Crippen LogP contribution in [0.25, 0.3) is 0 Å². The van der Waals surface area contributed by atoms with Gasteiger partial charge in [-0.3, -0.25) is 0 Å². The molecule has 0 saturated heterocycles. The first kappa shape index (κ1) is 57.2. The van der Waals surface area contributed by atoms with Gasteiger partial charge in [0.2, 0.25) is 0 Å². The highest BCUT2D eigenvalue weighted by Crippen LogP contribution is 2.39. The van der Waals surface area contributed by atoms with Gasteiger partial charge in [-0.15, -0.1) is 0 Å². The van der Waals surface area contributed by atoms with Crippen molar-refractivity contribution < 1.29 is 50.5 Å². The first-order valence-corrected chi connectivity index (χ1v) is 25.9. The van der Waals surface area contributed by atoms with Crippen molar-refractivity contribution in [3.8, 4) is 0 Å². The van der Waals surface area contributed by atoms with Crippen LogP contribution in [0.3, 0.4) is 0 Å². The van der Waals surface area contributed by atoms with Gasteiger partial charge in [0.1, 0.15) is 35.0 Å². The number of carbonyl (C=O) groups is 3. The molecule has 0 aliphatic heterocycles. The lowest BCUT2D eigenvalue weighted by molar-refractivity contribution is -0.137. The van der Waals surface area contributed by atoms with E-state index in [9.17, 15) is 36.3 Å². The van der Waals surface area contributed by atoms with Crippen molar-refractivity contribution in [1.82, 2.24) is 0 Å². The van der Waals surface area contributed by atoms with Crippen molar-refractivity contribution in [2.45, 2.75) is 126 Å². The first-order valence-electron chi connectivity index (χ1n) is 25.6. The molecule has 3 aliphatic rings. The van der Waals surface area contributed by atoms with Crippen molar-refractivity contribution in [3.05, 3.63) is 176 Å². The summed E-state index contributed by atoms with van der Waals surface area (Å²) in [4.78, 5) is 36.8. The van der Waals surface area contributed by atoms with Crippen LogP contribution in [0.4, 0.5) is 56.1 Å². The number of esters is 3. The Morgan fingerprint density at radius 2 is 0.701 bits per heavy atom. The molecule has 6 aromatic carbocycles. The fourth-order valence-corrected chi connectivity index (χ4v) is 10.3. The van der Waals surface area contributed by atoms with Gasteiger partial charge in [0.05, 0.1) is 22.3 Å². The minimum Gasteiger partial charge on any atom is -0.459 e. The molecule has 0 heterocycles. The minimum atomic E-state index is -4.32. The number of ether oxygens (including phenoxy) is 3. The van der Waals surface area contributed by atoms with Gasteiger partial charge in [0.25, 0.3) is 0 Å². The molecule has 0 spiro atoms. The summed E-state index contributed by atoms with van der Waals surface area (Å²) in [5.41, 5.74) is 41.3. The number of anilines is 6. The van der Waals surface area contributed by atoms with E-state index in [0.717, 1.165) is 56.2 Å². The van der Waals surface area contributed by atoms with E-state index in [2.05, 4.69) is 31.2 Å². The molecule has 18 heteroatoms. The summed E-state index contributed by atoms with van der Waals surface area (Å²) >= 11 is 5.52. The molecule has 0 amide bonds. The van der Waals surface area contributed by atoms with Crippen LogP contribution in [0.2, 0.25) is 5.02 Å². The van der Waals surface area contributed by atoms with Crippen LogP contribution in [-0.2, 0) is 20.4 Å². The summed E-state index contributed by atoms with van der Waals surface area (Å²) in [5.74, 6) is -2.05. The standard InChI is InChI=1S/C20H21F3N2O2.C20H24N2O2.C19H19ClF2N2O2/c21-20(22,23)15-5-1-12(2-6-15)13-3-7-18(8-4-13)27-19(26)14-9-16(24)11-17(25)10-14;1-13-2-4-14(5-3-13)15-6-8-19(9-7-15)24-20(23)16-10-17(21)12-18(22)11-16;20-18-16(21)7-11(8-17(18)22)10-1-3-15(4-2-10)26-19(25)12-5-13(23)9-14(24)6-12/h1-2,5-6,9-11,13,18H,3-4,7-8,24-25H2;2-5,10-12,15,19H,6-9,21-22H2,1H3;5-10,15H,1-4,23-24H2. The molecular weight excluding hydrogens is 1020 g/mol. The highest BCUT2D eigenvalue weighted by Gasteiger charge is 2.32. The summed E-state index contributed by atoms with van der Waals surface area (Å²) in [6, 6.07) is 30.6. The average molecular weight is 1080 g/mol. The molecule has 0 atom stereocenters. The van der Waals surface area contributed by atoms with Gasteiger partial charge in [-0.1, -0.05) is 53.6 Å². The summed E-state index contributed by atoms with van der Waals surface area (Å²) in [7, 11) is 0. The predicted octanol–water partition coefficient (Wildman–Crippen LogP) is 13.5. The van der Waals surface area contributed by atoms with Crippen molar-refractivity contribution >= 4 is 63.6 Å². The molecule has 0 unspecified atom stereocenters. The van der Waals surface area contributed by atoms with E-state index in [1.165, 1.54) is 59.7 Å². The quantitative estimate of drug-likeness (QED) is 0.0261. The van der Waals surface area contributed by atoms with E-state index < -0.39 is 40.3 Å². The Kier molecular flexibility index (Phi) is 19.0. The van der Waals surface area contributed by atoms with E-state index in [-0.39, 0.29) is 36.1 Å². The third kappa shape index (κ3) is 16.2. The molecule has 12 nitrogen and oxygen atoms in total. The number of hydrogen-bond acceptors (Lipinski definition) is 12. The van der Waals surface area contributed by atoms with E-state index >= 15 is 0 Å². The van der Waals surface area contributed by atoms with Gasteiger partial charge < -0.3 is 48.6 Å². The Labute approximate surface area is 449 Å². The SMILES string of the molecule is Cc1ccc(C2CCC(OC(=O)c3cc(N)cc(N)c3)CC2)cc1.Nc1cc(N)cc(C(=O)OC2CCC(c3cc(F)c(Cl)c(F)c3)CC2)c1.Nc1cc(N)cc(C(=O)OC2CCC(c3ccc(C(F)(F)F)cc3)CC2)c1. The average Bonchev–Trinajstić information content (AvgIpc) is 3.38. The zero-order valence-corrected chi connectivity index (χ0v) is 43.4. The Morgan fingerprint density at radius 1 is 0.429 bits per heavy atom. The molecule has 0 aromatic heterocycles. The Morgan fingerprint density at radius 3 is 0.987 bits per heavy atom. The number of hydrogen-bond donors (Lipinski definition) is 6. The smallest absolute Gasteiger partial charge is 0.416 e. The molecule has 408 valence electrons. The molecule has 0 radical (unpaired) electrons. The number of nitrogen functional groups attached to an aromatic ring is 6. The van der Waals surface area contributed by atoms with E-state index in [0.29, 0.717) is 101 Å². The normalized spacial score (nSPS) is 20.2. The van der Waals surface area contributed by atoms with E-state index in [4.69, 9.17) is 60.2 Å². The summed E-state index contributed by atoms with van der Waals surface area (Å²) in [5, 5.41) is -0.488. The zero-order valence-electron chi connectivity index (χ0n) is 42.6. The van der Waals surface area contributed by atoms with E-state index in [1.807, 2.05) is 0 Å². The third-order valence-corrected chi connectivity index (χ3v) is 14.6. The highest BCUT2D eigenvalue weighted by atomic mass is 35.5. The minimum absolute atomic E-state index is 0.00855. The van der Waals surface area contributed by atoms with Crippen LogP contribution in [0, 0.1) is 18.6 Å². The highest BCUT2D eigenvalue weighted by molar-refractivity contribution is 6.30. The second-order valence-electron chi connectivity index (χ2n) is 20.1. The van der Waals surface area contributed by atoms with Crippen LogP contribution in [0.1, 0.15) is 154 Å². The number of rotatable bonds is 9. The molecule has 0 bridgehead atoms. The topological polar surface area (TPSA) is 235 Å². The molecule has 3 aliphatic carbocycles. The number of nitrogens with two attached hydrogens (primary N) is 6. The predicted molar refractivity (Wildman–Crippen MR) is 291 cm³/mol. The summed E-state index contributed by atoms with van der Waals surface area (Å²) in [6.07, 6.45) is 4.43. The lowest BCUT2D eigenvalue weighted by atomic mass is 9.82. The fraction of sp³-hybridized carbons (Fsp3) is 0.339. The van der Waals surface area contributed by atoms with Crippen LogP contribution >= 0.6 is 11.6 Å². The monoisotopic (exact) mass is 1080 g/mol. The maximum atomic E-state index is 13.6. The van der Waals surface area contributed by atoms with Gasteiger partial charge in [-0.05, 0) is 197 Å². The van der Waals surface area contributed by atoms with Gasteiger partial charge in [-0.25, -0.2) is 23.2 Å². The Hall–Kier alpha value is -7.53. The van der Waals surface area contributed by atoms with Crippen LogP contribution < -0.4 is 34.4 Å². The maximum Gasteiger partial charge on any atom is 0.416 e. The second-order valence-corrected chi connectivity index (χ2v) is 20.5. The molecule has 9 rings (SSSR count). The number of halogens is 6. The van der Waals surface area contributed by atoms with Crippen molar-refractivity contribution in [2.75, 3.05) is 34.4 Å². The molecule has 12 N–H and O–H groups in total. The maximum absolute atomic E-state index is 13.6. The first-order chi connectivity index (χ1) is 36.6. The Balaban J connectivity index is 0.000000168. The Bertz CT molecular complexity index is 2930. The number of alkyl halides is 3. The van der Waals surface area contributed by atoms with E-state index in [1.54, 1.807) is 30.3 Å². The van der Waals surface area contributed by atoms with Crippen LogP contribution in [0.15, 0.2) is 115 Å². The largest absolute Gasteiger partial charge is 0.459 e. The summed E-state index contributed by atoms with van der Waals surface area (Å²) in [6.45, 7) is 2.10. The molecule has 6 aromatic rings. The van der Waals surface area contributed by atoms with Gasteiger partial charge >= 0.3 is 24.1 Å². The molecule has 3 saturated carbocycles. The lowest BCUT2D eigenvalue weighted by Crippen LogP contribution is -2.24. The number of benzene rings is 6. The second kappa shape index (κ2) is 25.5. The number of carbonyl (C=O) groups excluding carboxylic acids is 3. The molecule has 3 fully saturated rings. The van der Waals surface area contributed by atoms with Crippen molar-refractivity contribution in [3.63, 3.8) is 0 Å². The zero-order chi connectivity index (χ0) is 55.6. The lowest BCUT2D eigenvalue weighted by Gasteiger charge is -2.28. The van der Waals surface area contributed by atoms with Gasteiger partial charge in [0, 0.05) is 34.1 Å². The van der Waals surface area contributed by atoms with Crippen molar-refractivity contribution in [1.29, 1.82) is 0 Å². The fourth-order valence-electron chi connectivity index (χ4n) is 10.2. The van der Waals surface area contributed by atoms with Crippen molar-refractivity contribution in [2.24, 2.45) is 0 Å².